The van der Waals surface area contributed by atoms with E-state index in [1.54, 1.807) is 12.1 Å². The van der Waals surface area contributed by atoms with E-state index in [9.17, 15) is 10.1 Å². The molecular formula is C14H20N2O2. The maximum atomic E-state index is 10.8. The van der Waals surface area contributed by atoms with Crippen LogP contribution >= 0.6 is 0 Å². The fourth-order valence-corrected chi connectivity index (χ4v) is 2.60. The predicted octanol–water partition coefficient (Wildman–Crippen LogP) is 3.39. The summed E-state index contributed by atoms with van der Waals surface area (Å²) in [7, 11) is 0. The Hall–Kier alpha value is -1.58. The fraction of sp³-hybridized carbons (Fsp3) is 0.571. The first-order chi connectivity index (χ1) is 8.49. The molecule has 4 heteroatoms. The van der Waals surface area contributed by atoms with E-state index in [0.717, 1.165) is 24.9 Å². The fourth-order valence-electron chi connectivity index (χ4n) is 2.60. The van der Waals surface area contributed by atoms with E-state index < -0.39 is 0 Å². The second-order valence-electron chi connectivity index (χ2n) is 5.50. The summed E-state index contributed by atoms with van der Waals surface area (Å²) in [5.74, 6) is 0.591. The molecule has 0 radical (unpaired) electrons. The molecule has 0 fully saturated rings. The van der Waals surface area contributed by atoms with E-state index in [1.807, 2.05) is 6.07 Å². The van der Waals surface area contributed by atoms with E-state index in [0.29, 0.717) is 12.0 Å². The molecule has 98 valence electrons. The van der Waals surface area contributed by atoms with Gasteiger partial charge in [-0.2, -0.15) is 0 Å². The van der Waals surface area contributed by atoms with E-state index in [-0.39, 0.29) is 10.6 Å². The average molecular weight is 248 g/mol. The van der Waals surface area contributed by atoms with Crippen molar-refractivity contribution >= 4 is 11.4 Å². The van der Waals surface area contributed by atoms with Crippen LogP contribution in [0.3, 0.4) is 0 Å². The molecule has 0 N–H and O–H groups in total. The van der Waals surface area contributed by atoms with Crippen LogP contribution < -0.4 is 4.90 Å². The minimum atomic E-state index is -0.314. The highest BCUT2D eigenvalue weighted by molar-refractivity contribution is 5.60. The summed E-state index contributed by atoms with van der Waals surface area (Å²) in [5, 5.41) is 10.8. The van der Waals surface area contributed by atoms with Crippen molar-refractivity contribution in [3.8, 4) is 0 Å². The smallest absolute Gasteiger partial charge is 0.269 e. The third-order valence-electron chi connectivity index (χ3n) is 3.51. The van der Waals surface area contributed by atoms with Gasteiger partial charge in [0, 0.05) is 30.4 Å². The van der Waals surface area contributed by atoms with Gasteiger partial charge >= 0.3 is 0 Å². The highest BCUT2D eigenvalue weighted by Crippen LogP contribution is 2.33. The van der Waals surface area contributed by atoms with Gasteiger partial charge in [-0.15, -0.1) is 0 Å². The van der Waals surface area contributed by atoms with Crippen LogP contribution in [0.1, 0.15) is 32.8 Å². The number of nitro groups is 1. The molecule has 0 unspecified atom stereocenters. The standard InChI is InChI=1S/C14H20N2O2/c1-10(2)9-15-11(3)4-5-12-8-13(16(17)18)6-7-14(12)15/h6-8,10-11H,4-5,9H2,1-3H3/t11-/m1/s1. The van der Waals surface area contributed by atoms with Crippen LogP contribution in [0, 0.1) is 16.0 Å². The predicted molar refractivity (Wildman–Crippen MR) is 73.1 cm³/mol. The van der Waals surface area contributed by atoms with Gasteiger partial charge in [-0.25, -0.2) is 0 Å². The molecule has 18 heavy (non-hydrogen) atoms. The molecule has 1 aliphatic heterocycles. The number of hydrogen-bond acceptors (Lipinski definition) is 3. The quantitative estimate of drug-likeness (QED) is 0.608. The third-order valence-corrected chi connectivity index (χ3v) is 3.51. The number of benzene rings is 1. The molecule has 4 nitrogen and oxygen atoms in total. The Morgan fingerprint density at radius 2 is 2.22 bits per heavy atom. The van der Waals surface area contributed by atoms with Crippen molar-refractivity contribution in [1.29, 1.82) is 0 Å². The van der Waals surface area contributed by atoms with Crippen molar-refractivity contribution in [3.63, 3.8) is 0 Å². The number of rotatable bonds is 3. The van der Waals surface area contributed by atoms with Crippen LogP contribution in [-0.2, 0) is 6.42 Å². The lowest BCUT2D eigenvalue weighted by Crippen LogP contribution is -2.39. The van der Waals surface area contributed by atoms with Gasteiger partial charge in [-0.05, 0) is 37.3 Å². The van der Waals surface area contributed by atoms with Crippen molar-refractivity contribution in [3.05, 3.63) is 33.9 Å². The van der Waals surface area contributed by atoms with Gasteiger partial charge in [0.15, 0.2) is 0 Å². The molecule has 2 rings (SSSR count). The number of hydrogen-bond donors (Lipinski definition) is 0. The minimum absolute atomic E-state index is 0.202. The van der Waals surface area contributed by atoms with E-state index >= 15 is 0 Å². The molecule has 0 saturated carbocycles. The Labute approximate surface area is 108 Å². The largest absolute Gasteiger partial charge is 0.368 e. The van der Waals surface area contributed by atoms with Gasteiger partial charge in [0.2, 0.25) is 0 Å². The normalized spacial score (nSPS) is 18.9. The summed E-state index contributed by atoms with van der Waals surface area (Å²) in [6, 6.07) is 5.77. The first kappa shape index (κ1) is 12.9. The zero-order valence-corrected chi connectivity index (χ0v) is 11.2. The highest BCUT2D eigenvalue weighted by Gasteiger charge is 2.25. The van der Waals surface area contributed by atoms with Gasteiger partial charge in [-0.3, -0.25) is 10.1 Å². The van der Waals surface area contributed by atoms with Crippen molar-refractivity contribution in [1.82, 2.24) is 0 Å². The van der Waals surface area contributed by atoms with Crippen LogP contribution in [0.25, 0.3) is 0 Å². The topological polar surface area (TPSA) is 46.4 Å². The van der Waals surface area contributed by atoms with E-state index in [1.165, 1.54) is 5.69 Å². The Morgan fingerprint density at radius 3 is 2.83 bits per heavy atom. The number of aryl methyl sites for hydroxylation is 1. The Balaban J connectivity index is 2.35. The van der Waals surface area contributed by atoms with Crippen LogP contribution in [0.4, 0.5) is 11.4 Å². The molecule has 1 aromatic carbocycles. The van der Waals surface area contributed by atoms with Crippen LogP contribution in [0.15, 0.2) is 18.2 Å². The second-order valence-corrected chi connectivity index (χ2v) is 5.50. The van der Waals surface area contributed by atoms with Gasteiger partial charge in [0.05, 0.1) is 4.92 Å². The number of fused-ring (bicyclic) bond motifs is 1. The van der Waals surface area contributed by atoms with Crippen molar-refractivity contribution < 1.29 is 4.92 Å². The summed E-state index contributed by atoms with van der Waals surface area (Å²) >= 11 is 0. The molecule has 1 heterocycles. The van der Waals surface area contributed by atoms with Crippen molar-refractivity contribution in [2.24, 2.45) is 5.92 Å². The van der Waals surface area contributed by atoms with Gasteiger partial charge in [0.25, 0.3) is 5.69 Å². The van der Waals surface area contributed by atoms with E-state index in [2.05, 4.69) is 25.7 Å². The van der Waals surface area contributed by atoms with Crippen LogP contribution in [0.2, 0.25) is 0 Å². The monoisotopic (exact) mass is 248 g/mol. The molecule has 1 aromatic rings. The number of nitrogens with zero attached hydrogens (tertiary/aromatic N) is 2. The van der Waals surface area contributed by atoms with Crippen LogP contribution in [0.5, 0.6) is 0 Å². The lowest BCUT2D eigenvalue weighted by molar-refractivity contribution is -0.384. The number of anilines is 1. The zero-order chi connectivity index (χ0) is 13.3. The number of nitro benzene ring substituents is 1. The first-order valence-corrected chi connectivity index (χ1v) is 6.53. The molecule has 1 atom stereocenters. The second kappa shape index (κ2) is 4.96. The van der Waals surface area contributed by atoms with Gasteiger partial charge < -0.3 is 4.90 Å². The van der Waals surface area contributed by atoms with E-state index in [4.69, 9.17) is 0 Å². The average Bonchev–Trinajstić information content (AvgIpc) is 2.31. The zero-order valence-electron chi connectivity index (χ0n) is 11.2. The summed E-state index contributed by atoms with van der Waals surface area (Å²) in [6.45, 7) is 7.64. The maximum absolute atomic E-state index is 10.8. The molecule has 1 aliphatic rings. The summed E-state index contributed by atoms with van der Waals surface area (Å²) in [4.78, 5) is 12.9. The lowest BCUT2D eigenvalue weighted by Gasteiger charge is -2.38. The molecule has 0 spiro atoms. The Kier molecular flexibility index (Phi) is 3.55. The summed E-state index contributed by atoms with van der Waals surface area (Å²) in [6.07, 6.45) is 2.01. The summed E-state index contributed by atoms with van der Waals surface area (Å²) in [5.41, 5.74) is 2.49. The first-order valence-electron chi connectivity index (χ1n) is 6.53. The molecule has 0 bridgehead atoms. The van der Waals surface area contributed by atoms with Gasteiger partial charge in [-0.1, -0.05) is 13.8 Å². The maximum Gasteiger partial charge on any atom is 0.269 e. The van der Waals surface area contributed by atoms with Crippen LogP contribution in [-0.4, -0.2) is 17.5 Å². The SMILES string of the molecule is CC(C)CN1c2ccc([N+](=O)[O-])cc2CC[C@H]1C. The molecule has 0 aromatic heterocycles. The molecular weight excluding hydrogens is 228 g/mol. The molecule has 0 aliphatic carbocycles. The Bertz CT molecular complexity index is 457. The Morgan fingerprint density at radius 1 is 1.50 bits per heavy atom. The molecule has 0 saturated heterocycles. The third kappa shape index (κ3) is 2.47. The lowest BCUT2D eigenvalue weighted by atomic mass is 9.95. The van der Waals surface area contributed by atoms with Crippen molar-refractivity contribution in [2.75, 3.05) is 11.4 Å². The van der Waals surface area contributed by atoms with Gasteiger partial charge in [0.1, 0.15) is 0 Å². The number of non-ortho nitro benzene ring substituents is 1. The van der Waals surface area contributed by atoms with Crippen molar-refractivity contribution in [2.45, 2.75) is 39.7 Å². The summed E-state index contributed by atoms with van der Waals surface area (Å²) < 4.78 is 0. The highest BCUT2D eigenvalue weighted by atomic mass is 16.6. The minimum Gasteiger partial charge on any atom is -0.368 e. The molecule has 0 amide bonds.